The SMILES string of the molecule is CCc1cccc(NC(=O)COc2cc(OC)ccc2C(=O)OC)c1. The van der Waals surface area contributed by atoms with Crippen LogP contribution in [0.2, 0.25) is 0 Å². The maximum atomic E-state index is 12.1. The molecule has 2 aromatic carbocycles. The van der Waals surface area contributed by atoms with Crippen molar-refractivity contribution in [2.24, 2.45) is 0 Å². The average Bonchev–Trinajstić information content (AvgIpc) is 2.65. The van der Waals surface area contributed by atoms with Crippen LogP contribution in [-0.2, 0) is 16.0 Å². The zero-order valence-corrected chi connectivity index (χ0v) is 14.5. The van der Waals surface area contributed by atoms with Crippen LogP contribution in [0.3, 0.4) is 0 Å². The van der Waals surface area contributed by atoms with Gasteiger partial charge in [-0.25, -0.2) is 4.79 Å². The molecule has 0 atom stereocenters. The lowest BCUT2D eigenvalue weighted by Crippen LogP contribution is -2.21. The van der Waals surface area contributed by atoms with Gasteiger partial charge in [0, 0.05) is 11.8 Å². The molecule has 1 N–H and O–H groups in total. The highest BCUT2D eigenvalue weighted by Crippen LogP contribution is 2.25. The van der Waals surface area contributed by atoms with Gasteiger partial charge in [0.05, 0.1) is 14.2 Å². The molecule has 2 rings (SSSR count). The highest BCUT2D eigenvalue weighted by Gasteiger charge is 2.15. The van der Waals surface area contributed by atoms with Crippen LogP contribution in [0.4, 0.5) is 5.69 Å². The second kappa shape index (κ2) is 8.73. The molecule has 132 valence electrons. The van der Waals surface area contributed by atoms with Gasteiger partial charge in [-0.15, -0.1) is 0 Å². The summed E-state index contributed by atoms with van der Waals surface area (Å²) in [7, 11) is 2.79. The molecular weight excluding hydrogens is 322 g/mol. The summed E-state index contributed by atoms with van der Waals surface area (Å²) in [4.78, 5) is 23.9. The van der Waals surface area contributed by atoms with Crippen LogP contribution in [0.5, 0.6) is 11.5 Å². The monoisotopic (exact) mass is 343 g/mol. The summed E-state index contributed by atoms with van der Waals surface area (Å²) < 4.78 is 15.3. The quantitative estimate of drug-likeness (QED) is 0.782. The van der Waals surface area contributed by atoms with E-state index in [4.69, 9.17) is 14.2 Å². The molecular formula is C19H21NO5. The van der Waals surface area contributed by atoms with Gasteiger partial charge in [-0.2, -0.15) is 0 Å². The van der Waals surface area contributed by atoms with Gasteiger partial charge in [-0.05, 0) is 36.2 Å². The number of amides is 1. The smallest absolute Gasteiger partial charge is 0.341 e. The van der Waals surface area contributed by atoms with Crippen LogP contribution < -0.4 is 14.8 Å². The minimum absolute atomic E-state index is 0.226. The van der Waals surface area contributed by atoms with E-state index >= 15 is 0 Å². The van der Waals surface area contributed by atoms with Crippen LogP contribution in [0.25, 0.3) is 0 Å². The Labute approximate surface area is 146 Å². The minimum Gasteiger partial charge on any atom is -0.497 e. The van der Waals surface area contributed by atoms with Crippen LogP contribution in [0.1, 0.15) is 22.8 Å². The molecule has 0 bridgehead atoms. The molecule has 6 heteroatoms. The summed E-state index contributed by atoms with van der Waals surface area (Å²) in [5.41, 5.74) is 2.05. The third kappa shape index (κ3) is 4.97. The van der Waals surface area contributed by atoms with Crippen molar-refractivity contribution in [2.75, 3.05) is 26.1 Å². The number of hydrogen-bond acceptors (Lipinski definition) is 5. The lowest BCUT2D eigenvalue weighted by Gasteiger charge is -2.12. The number of rotatable bonds is 7. The van der Waals surface area contributed by atoms with Crippen LogP contribution in [0.15, 0.2) is 42.5 Å². The first kappa shape index (κ1) is 18.3. The molecule has 0 radical (unpaired) electrons. The van der Waals surface area contributed by atoms with E-state index in [1.165, 1.54) is 26.4 Å². The Bertz CT molecular complexity index is 757. The first-order valence-electron chi connectivity index (χ1n) is 7.85. The summed E-state index contributed by atoms with van der Waals surface area (Å²) >= 11 is 0. The molecule has 25 heavy (non-hydrogen) atoms. The fourth-order valence-corrected chi connectivity index (χ4v) is 2.24. The van der Waals surface area contributed by atoms with Crippen molar-refractivity contribution in [1.82, 2.24) is 0 Å². The topological polar surface area (TPSA) is 73.9 Å². The number of ether oxygens (including phenoxy) is 3. The third-order valence-electron chi connectivity index (χ3n) is 3.57. The largest absolute Gasteiger partial charge is 0.497 e. The Hall–Kier alpha value is -3.02. The van der Waals surface area contributed by atoms with Crippen molar-refractivity contribution in [1.29, 1.82) is 0 Å². The molecule has 1 amide bonds. The summed E-state index contributed by atoms with van der Waals surface area (Å²) in [6, 6.07) is 12.3. The van der Waals surface area contributed by atoms with Crippen LogP contribution in [0, 0.1) is 0 Å². The zero-order valence-electron chi connectivity index (χ0n) is 14.5. The number of benzene rings is 2. The summed E-state index contributed by atoms with van der Waals surface area (Å²) in [6.07, 6.45) is 0.881. The van der Waals surface area contributed by atoms with Gasteiger partial charge in [0.15, 0.2) is 6.61 Å². The Kier molecular flexibility index (Phi) is 6.39. The van der Waals surface area contributed by atoms with E-state index in [1.54, 1.807) is 6.07 Å². The maximum Gasteiger partial charge on any atom is 0.341 e. The van der Waals surface area contributed by atoms with Crippen LogP contribution in [-0.4, -0.2) is 32.7 Å². The van der Waals surface area contributed by atoms with E-state index < -0.39 is 5.97 Å². The number of esters is 1. The Morgan fingerprint density at radius 2 is 1.88 bits per heavy atom. The average molecular weight is 343 g/mol. The lowest BCUT2D eigenvalue weighted by molar-refractivity contribution is -0.118. The summed E-state index contributed by atoms with van der Waals surface area (Å²) in [5.74, 6) is -0.136. The molecule has 6 nitrogen and oxygen atoms in total. The van der Waals surface area contributed by atoms with Crippen molar-refractivity contribution in [3.05, 3.63) is 53.6 Å². The normalized spacial score (nSPS) is 10.0. The van der Waals surface area contributed by atoms with Gasteiger partial charge in [0.2, 0.25) is 0 Å². The predicted molar refractivity (Wildman–Crippen MR) is 94.3 cm³/mol. The van der Waals surface area contributed by atoms with Gasteiger partial charge in [-0.3, -0.25) is 4.79 Å². The highest BCUT2D eigenvalue weighted by atomic mass is 16.5. The Balaban J connectivity index is 2.06. The molecule has 0 aliphatic heterocycles. The van der Waals surface area contributed by atoms with E-state index in [9.17, 15) is 9.59 Å². The number of anilines is 1. The minimum atomic E-state index is -0.547. The zero-order chi connectivity index (χ0) is 18.2. The van der Waals surface area contributed by atoms with Crippen LogP contribution >= 0.6 is 0 Å². The third-order valence-corrected chi connectivity index (χ3v) is 3.57. The molecule has 0 saturated heterocycles. The molecule has 0 aliphatic rings. The molecule has 0 aromatic heterocycles. The fourth-order valence-electron chi connectivity index (χ4n) is 2.24. The fraction of sp³-hybridized carbons (Fsp3) is 0.263. The number of methoxy groups -OCH3 is 2. The second-order valence-corrected chi connectivity index (χ2v) is 5.24. The predicted octanol–water partition coefficient (Wildman–Crippen LogP) is 3.06. The van der Waals surface area contributed by atoms with Crippen molar-refractivity contribution in [3.8, 4) is 11.5 Å². The molecule has 0 unspecified atom stereocenters. The van der Waals surface area contributed by atoms with Gasteiger partial charge in [0.1, 0.15) is 17.1 Å². The van der Waals surface area contributed by atoms with E-state index in [-0.39, 0.29) is 23.8 Å². The Morgan fingerprint density at radius 1 is 1.08 bits per heavy atom. The summed E-state index contributed by atoms with van der Waals surface area (Å²) in [6.45, 7) is 1.80. The summed E-state index contributed by atoms with van der Waals surface area (Å²) in [5, 5.41) is 2.77. The molecule has 2 aromatic rings. The molecule has 0 aliphatic carbocycles. The molecule has 0 fully saturated rings. The number of nitrogens with one attached hydrogen (secondary N) is 1. The standard InChI is InChI=1S/C19H21NO5/c1-4-13-6-5-7-14(10-13)20-18(21)12-25-17-11-15(23-2)8-9-16(17)19(22)24-3/h5-11H,4,12H2,1-3H3,(H,20,21). The van der Waals surface area contributed by atoms with E-state index in [1.807, 2.05) is 31.2 Å². The highest BCUT2D eigenvalue weighted by molar-refractivity contribution is 5.94. The van der Waals surface area contributed by atoms with E-state index in [0.717, 1.165) is 12.0 Å². The number of carbonyl (C=O) groups is 2. The maximum absolute atomic E-state index is 12.1. The van der Waals surface area contributed by atoms with Crippen molar-refractivity contribution < 1.29 is 23.8 Å². The molecule has 0 saturated carbocycles. The van der Waals surface area contributed by atoms with Crippen molar-refractivity contribution in [2.45, 2.75) is 13.3 Å². The van der Waals surface area contributed by atoms with Gasteiger partial charge in [0.25, 0.3) is 5.91 Å². The van der Waals surface area contributed by atoms with Crippen molar-refractivity contribution >= 4 is 17.6 Å². The number of carbonyl (C=O) groups excluding carboxylic acids is 2. The van der Waals surface area contributed by atoms with E-state index in [2.05, 4.69) is 5.32 Å². The molecule has 0 heterocycles. The first-order chi connectivity index (χ1) is 12.1. The van der Waals surface area contributed by atoms with Gasteiger partial charge >= 0.3 is 5.97 Å². The second-order valence-electron chi connectivity index (χ2n) is 5.24. The Morgan fingerprint density at radius 3 is 2.56 bits per heavy atom. The first-order valence-corrected chi connectivity index (χ1v) is 7.85. The number of hydrogen-bond donors (Lipinski definition) is 1. The lowest BCUT2D eigenvalue weighted by atomic mass is 10.1. The van der Waals surface area contributed by atoms with E-state index in [0.29, 0.717) is 11.4 Å². The molecule has 0 spiro atoms. The number of aryl methyl sites for hydroxylation is 1. The van der Waals surface area contributed by atoms with Gasteiger partial charge in [-0.1, -0.05) is 19.1 Å². The van der Waals surface area contributed by atoms with Crippen molar-refractivity contribution in [3.63, 3.8) is 0 Å². The van der Waals surface area contributed by atoms with Gasteiger partial charge < -0.3 is 19.5 Å².